The van der Waals surface area contributed by atoms with Gasteiger partial charge in [-0.05, 0) is 54.2 Å². The molecule has 0 saturated carbocycles. The number of carbonyl (C=O) groups is 3. The van der Waals surface area contributed by atoms with Crippen LogP contribution in [0.4, 0.5) is 11.4 Å². The third kappa shape index (κ3) is 3.28. The molecule has 2 aromatic rings. The summed E-state index contributed by atoms with van der Waals surface area (Å²) in [7, 11) is 0. The van der Waals surface area contributed by atoms with Gasteiger partial charge in [-0.15, -0.1) is 0 Å². The van der Waals surface area contributed by atoms with Crippen molar-refractivity contribution >= 4 is 79.1 Å². The van der Waals surface area contributed by atoms with Crippen LogP contribution in [0.1, 0.15) is 12.5 Å². The molecule has 6 nitrogen and oxygen atoms in total. The normalized spacial score (nSPS) is 20.0. The summed E-state index contributed by atoms with van der Waals surface area (Å²) in [6, 6.07) is 12.0. The number of rotatable bonds is 1. The zero-order valence-electron chi connectivity index (χ0n) is 14.3. The van der Waals surface area contributed by atoms with Crippen molar-refractivity contribution in [1.29, 1.82) is 0 Å². The molecule has 28 heavy (non-hydrogen) atoms. The van der Waals surface area contributed by atoms with Crippen LogP contribution in [0.2, 0.25) is 5.02 Å². The van der Waals surface area contributed by atoms with Crippen molar-refractivity contribution < 1.29 is 14.4 Å². The maximum absolute atomic E-state index is 12.9. The average molecular weight is 477 g/mol. The number of amides is 3. The third-order valence-corrected chi connectivity index (χ3v) is 5.84. The molecule has 2 heterocycles. The van der Waals surface area contributed by atoms with Gasteiger partial charge in [0.05, 0.1) is 21.9 Å². The van der Waals surface area contributed by atoms with Gasteiger partial charge in [-0.3, -0.25) is 14.4 Å². The lowest BCUT2D eigenvalue weighted by Crippen LogP contribution is -2.31. The Morgan fingerprint density at radius 2 is 1.89 bits per heavy atom. The topological polar surface area (TPSA) is 78.8 Å². The van der Waals surface area contributed by atoms with Crippen molar-refractivity contribution in [1.82, 2.24) is 5.32 Å². The second-order valence-electron chi connectivity index (χ2n) is 5.97. The molecule has 140 valence electrons. The molecule has 2 aromatic carbocycles. The lowest BCUT2D eigenvalue weighted by Gasteiger charge is -2.11. The van der Waals surface area contributed by atoms with Crippen LogP contribution in [0.3, 0.4) is 0 Å². The largest absolute Gasteiger partial charge is 0.300 e. The minimum Gasteiger partial charge on any atom is -0.300 e. The van der Waals surface area contributed by atoms with E-state index in [1.165, 1.54) is 6.92 Å². The molecule has 1 saturated heterocycles. The number of fused-ring (bicyclic) bond motifs is 1. The summed E-state index contributed by atoms with van der Waals surface area (Å²) in [5, 5.41) is 3.60. The van der Waals surface area contributed by atoms with Gasteiger partial charge >= 0.3 is 0 Å². The lowest BCUT2D eigenvalue weighted by atomic mass is 10.1. The SMILES string of the molecule is CC(=O)N1C(=O)C(=C2SC(=Nc3ccc(Cl)cc3)NC2=O)c2cc(Br)ccc21. The summed E-state index contributed by atoms with van der Waals surface area (Å²) in [6.07, 6.45) is 0. The third-order valence-electron chi connectivity index (χ3n) is 4.11. The molecule has 0 aliphatic carbocycles. The lowest BCUT2D eigenvalue weighted by molar-refractivity contribution is -0.122. The van der Waals surface area contributed by atoms with Gasteiger partial charge in [-0.25, -0.2) is 9.89 Å². The van der Waals surface area contributed by atoms with E-state index in [0.29, 0.717) is 27.1 Å². The van der Waals surface area contributed by atoms with Crippen LogP contribution in [-0.4, -0.2) is 22.9 Å². The van der Waals surface area contributed by atoms with E-state index in [4.69, 9.17) is 11.6 Å². The second kappa shape index (κ2) is 7.20. The zero-order chi connectivity index (χ0) is 20.0. The molecular weight excluding hydrogens is 466 g/mol. The van der Waals surface area contributed by atoms with Gasteiger partial charge in [-0.2, -0.15) is 0 Å². The summed E-state index contributed by atoms with van der Waals surface area (Å²) in [6.45, 7) is 1.31. The molecule has 2 aliphatic rings. The number of thioether (sulfide) groups is 1. The van der Waals surface area contributed by atoms with Gasteiger partial charge in [0, 0.05) is 22.0 Å². The highest BCUT2D eigenvalue weighted by Gasteiger charge is 2.41. The molecule has 1 fully saturated rings. The summed E-state index contributed by atoms with van der Waals surface area (Å²) in [4.78, 5) is 43.2. The Labute approximate surface area is 177 Å². The maximum Gasteiger partial charge on any atom is 0.267 e. The molecular formula is C19H11BrClN3O3S. The molecule has 0 unspecified atom stereocenters. The van der Waals surface area contributed by atoms with Crippen LogP contribution in [-0.2, 0) is 14.4 Å². The summed E-state index contributed by atoms with van der Waals surface area (Å²) in [5.41, 5.74) is 1.79. The van der Waals surface area contributed by atoms with Crippen LogP contribution in [0.15, 0.2) is 56.8 Å². The van der Waals surface area contributed by atoms with Crippen LogP contribution in [0.25, 0.3) is 5.57 Å². The van der Waals surface area contributed by atoms with Gasteiger partial charge < -0.3 is 5.32 Å². The van der Waals surface area contributed by atoms with E-state index in [0.717, 1.165) is 21.1 Å². The Bertz CT molecular complexity index is 1110. The van der Waals surface area contributed by atoms with Crippen molar-refractivity contribution in [2.75, 3.05) is 4.90 Å². The van der Waals surface area contributed by atoms with E-state index >= 15 is 0 Å². The van der Waals surface area contributed by atoms with E-state index in [2.05, 4.69) is 26.2 Å². The fourth-order valence-electron chi connectivity index (χ4n) is 2.94. The zero-order valence-corrected chi connectivity index (χ0v) is 17.5. The molecule has 9 heteroatoms. The van der Waals surface area contributed by atoms with Gasteiger partial charge in [0.2, 0.25) is 5.91 Å². The first-order valence-corrected chi connectivity index (χ1v) is 10.1. The number of halogens is 2. The molecule has 4 rings (SSSR count). The predicted octanol–water partition coefficient (Wildman–Crippen LogP) is 4.26. The fraction of sp³-hybridized carbons (Fsp3) is 0.0526. The Balaban J connectivity index is 1.79. The van der Waals surface area contributed by atoms with E-state index in [-0.39, 0.29) is 10.5 Å². The van der Waals surface area contributed by atoms with Gasteiger partial charge in [0.1, 0.15) is 0 Å². The standard InChI is InChI=1S/C19H11BrClN3O3S/c1-9(25)24-14-7-2-10(20)8-13(14)15(18(24)27)16-17(26)23-19(28-16)22-12-5-3-11(21)4-6-12/h2-8H,1H3,(H,22,23,26). The smallest absolute Gasteiger partial charge is 0.267 e. The van der Waals surface area contributed by atoms with Crippen molar-refractivity contribution in [3.05, 3.63) is 62.4 Å². The van der Waals surface area contributed by atoms with Gasteiger partial charge in [0.15, 0.2) is 5.17 Å². The number of anilines is 1. The predicted molar refractivity (Wildman–Crippen MR) is 114 cm³/mol. The van der Waals surface area contributed by atoms with E-state index in [1.807, 2.05) is 0 Å². The fourth-order valence-corrected chi connectivity index (χ4v) is 4.36. The van der Waals surface area contributed by atoms with Crippen molar-refractivity contribution in [3.8, 4) is 0 Å². The molecule has 0 bridgehead atoms. The van der Waals surface area contributed by atoms with Crippen molar-refractivity contribution in [2.24, 2.45) is 4.99 Å². The van der Waals surface area contributed by atoms with Crippen molar-refractivity contribution in [3.63, 3.8) is 0 Å². The Hall–Kier alpha value is -2.42. The quantitative estimate of drug-likeness (QED) is 0.624. The maximum atomic E-state index is 12.9. The van der Waals surface area contributed by atoms with E-state index in [9.17, 15) is 14.4 Å². The van der Waals surface area contributed by atoms with Crippen LogP contribution in [0, 0.1) is 0 Å². The minimum atomic E-state index is -0.522. The van der Waals surface area contributed by atoms with Crippen LogP contribution in [0.5, 0.6) is 0 Å². The number of nitrogens with zero attached hydrogens (tertiary/aromatic N) is 2. The summed E-state index contributed by atoms with van der Waals surface area (Å²) < 4.78 is 0.737. The number of hydrogen-bond acceptors (Lipinski definition) is 5. The number of nitrogens with one attached hydrogen (secondary N) is 1. The molecule has 0 spiro atoms. The molecule has 0 atom stereocenters. The first-order chi connectivity index (χ1) is 13.3. The summed E-state index contributed by atoms with van der Waals surface area (Å²) >= 11 is 10.3. The second-order valence-corrected chi connectivity index (χ2v) is 8.33. The Morgan fingerprint density at radius 3 is 2.57 bits per heavy atom. The summed E-state index contributed by atoms with van der Waals surface area (Å²) in [5.74, 6) is -1.37. The van der Waals surface area contributed by atoms with Crippen LogP contribution < -0.4 is 10.2 Å². The van der Waals surface area contributed by atoms with E-state index in [1.54, 1.807) is 42.5 Å². The number of benzene rings is 2. The van der Waals surface area contributed by atoms with Crippen LogP contribution >= 0.6 is 39.3 Å². The Morgan fingerprint density at radius 1 is 1.18 bits per heavy atom. The highest BCUT2D eigenvalue weighted by Crippen LogP contribution is 2.44. The Kier molecular flexibility index (Phi) is 4.86. The molecule has 0 aromatic heterocycles. The molecule has 1 N–H and O–H groups in total. The number of imide groups is 1. The highest BCUT2D eigenvalue weighted by atomic mass is 79.9. The van der Waals surface area contributed by atoms with Gasteiger partial charge in [-0.1, -0.05) is 27.5 Å². The number of aliphatic imine (C=N–C) groups is 1. The molecule has 0 radical (unpaired) electrons. The van der Waals surface area contributed by atoms with E-state index < -0.39 is 17.7 Å². The van der Waals surface area contributed by atoms with Crippen molar-refractivity contribution in [2.45, 2.75) is 6.92 Å². The number of carbonyl (C=O) groups excluding carboxylic acids is 3. The first-order valence-electron chi connectivity index (χ1n) is 8.08. The van der Waals surface area contributed by atoms with Gasteiger partial charge in [0.25, 0.3) is 11.8 Å². The monoisotopic (exact) mass is 475 g/mol. The average Bonchev–Trinajstić information content (AvgIpc) is 3.12. The highest BCUT2D eigenvalue weighted by molar-refractivity contribution is 9.10. The number of hydrogen-bond donors (Lipinski definition) is 1. The molecule has 3 amide bonds. The molecule has 2 aliphatic heterocycles. The number of amidine groups is 1. The first kappa shape index (κ1) is 18.9. The minimum absolute atomic E-state index is 0.190.